The van der Waals surface area contributed by atoms with Gasteiger partial charge in [0.25, 0.3) is 0 Å². The Morgan fingerprint density at radius 2 is 1.81 bits per heavy atom. The first-order valence-electron chi connectivity index (χ1n) is 4.53. The average molecular weight is 236 g/mol. The van der Waals surface area contributed by atoms with Crippen molar-refractivity contribution in [3.63, 3.8) is 0 Å². The van der Waals surface area contributed by atoms with Crippen LogP contribution in [-0.4, -0.2) is 20.1 Å². The fourth-order valence-corrected chi connectivity index (χ4v) is 1.15. The van der Waals surface area contributed by atoms with Crippen LogP contribution in [0.5, 0.6) is 17.2 Å². The van der Waals surface area contributed by atoms with Gasteiger partial charge in [0.1, 0.15) is 0 Å². The molecule has 0 atom stereocenters. The van der Waals surface area contributed by atoms with E-state index in [2.05, 4.69) is 4.74 Å². The van der Waals surface area contributed by atoms with Crippen molar-refractivity contribution in [3.8, 4) is 17.2 Å². The van der Waals surface area contributed by atoms with Gasteiger partial charge in [-0.05, 0) is 19.1 Å². The summed E-state index contributed by atoms with van der Waals surface area (Å²) in [7, 11) is 1.34. The second kappa shape index (κ2) is 4.96. The van der Waals surface area contributed by atoms with Crippen LogP contribution in [0.15, 0.2) is 18.2 Å². The van der Waals surface area contributed by atoms with E-state index in [1.165, 1.54) is 25.3 Å². The summed E-state index contributed by atoms with van der Waals surface area (Å²) in [6, 6.07) is 4.05. The van der Waals surface area contributed by atoms with E-state index in [0.29, 0.717) is 0 Å². The topological polar surface area (TPSA) is 27.7 Å². The molecule has 0 aliphatic carbocycles. The second-order valence-electron chi connectivity index (χ2n) is 2.77. The van der Waals surface area contributed by atoms with E-state index in [-0.39, 0.29) is 18.1 Å². The number of alkyl halides is 3. The lowest BCUT2D eigenvalue weighted by Gasteiger charge is -2.15. The van der Waals surface area contributed by atoms with Crippen LogP contribution in [0.4, 0.5) is 13.2 Å². The predicted octanol–water partition coefficient (Wildman–Crippen LogP) is 2.99. The molecule has 0 bridgehead atoms. The molecular weight excluding hydrogens is 225 g/mol. The minimum Gasteiger partial charge on any atom is -0.493 e. The van der Waals surface area contributed by atoms with Crippen LogP contribution in [0.1, 0.15) is 6.92 Å². The van der Waals surface area contributed by atoms with Crippen molar-refractivity contribution in [2.75, 3.05) is 13.7 Å². The molecule has 1 rings (SSSR count). The lowest BCUT2D eigenvalue weighted by Crippen LogP contribution is -2.18. The molecule has 90 valence electrons. The zero-order chi connectivity index (χ0) is 12.2. The number of hydrogen-bond acceptors (Lipinski definition) is 3. The van der Waals surface area contributed by atoms with Gasteiger partial charge in [0.15, 0.2) is 11.5 Å². The minimum atomic E-state index is -4.75. The van der Waals surface area contributed by atoms with Gasteiger partial charge in [-0.2, -0.15) is 0 Å². The molecule has 0 N–H and O–H groups in total. The summed E-state index contributed by atoms with van der Waals surface area (Å²) in [5.74, 6) is -0.262. The van der Waals surface area contributed by atoms with Crippen molar-refractivity contribution in [2.45, 2.75) is 13.3 Å². The fourth-order valence-electron chi connectivity index (χ4n) is 1.15. The quantitative estimate of drug-likeness (QED) is 0.804. The van der Waals surface area contributed by atoms with E-state index >= 15 is 0 Å². The van der Waals surface area contributed by atoms with E-state index in [4.69, 9.17) is 9.47 Å². The van der Waals surface area contributed by atoms with Crippen molar-refractivity contribution in [1.82, 2.24) is 0 Å². The number of ether oxygens (including phenoxy) is 3. The first kappa shape index (κ1) is 12.5. The van der Waals surface area contributed by atoms with Crippen LogP contribution >= 0.6 is 0 Å². The molecule has 0 aliphatic heterocycles. The lowest BCUT2D eigenvalue weighted by molar-refractivity contribution is -0.275. The third-order valence-corrected chi connectivity index (χ3v) is 1.68. The third-order valence-electron chi connectivity index (χ3n) is 1.68. The Bertz CT molecular complexity index is 350. The number of para-hydroxylation sites is 1. The van der Waals surface area contributed by atoms with Crippen molar-refractivity contribution >= 4 is 0 Å². The molecule has 6 heteroatoms. The highest BCUT2D eigenvalue weighted by Gasteiger charge is 2.33. The highest BCUT2D eigenvalue weighted by atomic mass is 19.4. The Hall–Kier alpha value is -1.59. The molecule has 0 heterocycles. The van der Waals surface area contributed by atoms with E-state index in [1.807, 2.05) is 0 Å². The van der Waals surface area contributed by atoms with E-state index in [1.54, 1.807) is 6.92 Å². The molecule has 16 heavy (non-hydrogen) atoms. The molecule has 1 aromatic carbocycles. The van der Waals surface area contributed by atoms with Gasteiger partial charge in [-0.3, -0.25) is 0 Å². The molecular formula is C10H11F3O3. The van der Waals surface area contributed by atoms with E-state index in [9.17, 15) is 13.2 Å². The first-order valence-corrected chi connectivity index (χ1v) is 4.53. The zero-order valence-electron chi connectivity index (χ0n) is 8.80. The summed E-state index contributed by atoms with van der Waals surface area (Å²) in [4.78, 5) is 0. The maximum absolute atomic E-state index is 12.1. The van der Waals surface area contributed by atoms with E-state index < -0.39 is 12.1 Å². The lowest BCUT2D eigenvalue weighted by atomic mass is 10.3. The predicted molar refractivity (Wildman–Crippen MR) is 50.8 cm³/mol. The van der Waals surface area contributed by atoms with Crippen LogP contribution in [-0.2, 0) is 0 Å². The van der Waals surface area contributed by atoms with Crippen molar-refractivity contribution in [1.29, 1.82) is 0 Å². The molecule has 0 radical (unpaired) electrons. The van der Waals surface area contributed by atoms with Crippen LogP contribution in [0.2, 0.25) is 0 Å². The first-order chi connectivity index (χ1) is 7.48. The van der Waals surface area contributed by atoms with Crippen molar-refractivity contribution in [3.05, 3.63) is 18.2 Å². The van der Waals surface area contributed by atoms with Gasteiger partial charge in [-0.1, -0.05) is 6.07 Å². The molecule has 0 saturated carbocycles. The smallest absolute Gasteiger partial charge is 0.493 e. The Labute approximate surface area is 90.7 Å². The van der Waals surface area contributed by atoms with Crippen LogP contribution in [0.3, 0.4) is 0 Å². The number of hydrogen-bond donors (Lipinski definition) is 0. The molecule has 0 aromatic heterocycles. The normalized spacial score (nSPS) is 11.1. The third kappa shape index (κ3) is 3.22. The number of halogens is 3. The largest absolute Gasteiger partial charge is 0.573 e. The molecule has 1 aromatic rings. The standard InChI is InChI=1S/C10H11F3O3/c1-3-15-9-7(14-2)5-4-6-8(9)16-10(11,12)13/h4-6H,3H2,1-2H3. The maximum atomic E-state index is 12.1. The fraction of sp³-hybridized carbons (Fsp3) is 0.400. The van der Waals surface area contributed by atoms with Gasteiger partial charge in [-0.25, -0.2) is 0 Å². The maximum Gasteiger partial charge on any atom is 0.573 e. The highest BCUT2D eigenvalue weighted by Crippen LogP contribution is 2.39. The number of rotatable bonds is 4. The highest BCUT2D eigenvalue weighted by molar-refractivity contribution is 5.51. The Balaban J connectivity index is 3.06. The molecule has 0 spiro atoms. The second-order valence-corrected chi connectivity index (χ2v) is 2.77. The summed E-state index contributed by atoms with van der Waals surface area (Å²) in [5, 5.41) is 0. The van der Waals surface area contributed by atoms with Gasteiger partial charge in [0.2, 0.25) is 5.75 Å². The van der Waals surface area contributed by atoms with Gasteiger partial charge < -0.3 is 14.2 Å². The summed E-state index contributed by atoms with van der Waals surface area (Å²) >= 11 is 0. The summed E-state index contributed by atoms with van der Waals surface area (Å²) in [6.07, 6.45) is -4.75. The molecule has 0 saturated heterocycles. The van der Waals surface area contributed by atoms with Crippen molar-refractivity contribution < 1.29 is 27.4 Å². The summed E-state index contributed by atoms with van der Waals surface area (Å²) in [5.41, 5.74) is 0. The summed E-state index contributed by atoms with van der Waals surface area (Å²) in [6.45, 7) is 1.87. The Morgan fingerprint density at radius 3 is 2.31 bits per heavy atom. The molecule has 0 unspecified atom stereocenters. The zero-order valence-corrected chi connectivity index (χ0v) is 8.80. The van der Waals surface area contributed by atoms with Crippen LogP contribution in [0.25, 0.3) is 0 Å². The summed E-state index contributed by atoms with van der Waals surface area (Å²) < 4.78 is 50.0. The molecule has 0 aliphatic rings. The van der Waals surface area contributed by atoms with Gasteiger partial charge in [-0.15, -0.1) is 13.2 Å². The SMILES string of the molecule is CCOc1c(OC)cccc1OC(F)(F)F. The van der Waals surface area contributed by atoms with Crippen LogP contribution < -0.4 is 14.2 Å². The molecule has 0 amide bonds. The van der Waals surface area contributed by atoms with Gasteiger partial charge in [0, 0.05) is 0 Å². The monoisotopic (exact) mass is 236 g/mol. The average Bonchev–Trinajstić information content (AvgIpc) is 2.18. The molecule has 0 fully saturated rings. The van der Waals surface area contributed by atoms with Gasteiger partial charge in [0.05, 0.1) is 13.7 Å². The Kier molecular flexibility index (Phi) is 3.87. The van der Waals surface area contributed by atoms with E-state index in [0.717, 1.165) is 0 Å². The van der Waals surface area contributed by atoms with Gasteiger partial charge >= 0.3 is 6.36 Å². The van der Waals surface area contributed by atoms with Crippen molar-refractivity contribution in [2.24, 2.45) is 0 Å². The number of methoxy groups -OCH3 is 1. The number of benzene rings is 1. The minimum absolute atomic E-state index is 0.0511. The Morgan fingerprint density at radius 1 is 1.19 bits per heavy atom. The van der Waals surface area contributed by atoms with Crippen LogP contribution in [0, 0.1) is 0 Å². The molecule has 3 nitrogen and oxygen atoms in total.